The van der Waals surface area contributed by atoms with E-state index in [4.69, 9.17) is 0 Å². The fraction of sp³-hybridized carbons (Fsp3) is 1.00. The third-order valence-electron chi connectivity index (χ3n) is 4.52. The molecule has 100 valence electrons. The zero-order valence-corrected chi connectivity index (χ0v) is 10.1. The zero-order chi connectivity index (χ0) is 12.5. The third-order valence-corrected chi connectivity index (χ3v) is 4.52. The van der Waals surface area contributed by atoms with Gasteiger partial charge in [-0.1, -0.05) is 25.7 Å². The molecule has 2 aliphatic carbocycles. The summed E-state index contributed by atoms with van der Waals surface area (Å²) in [5, 5.41) is 10.3. The molecule has 0 atom stereocenters. The van der Waals surface area contributed by atoms with E-state index in [1.807, 2.05) is 0 Å². The number of aliphatic hydroxyl groups is 1. The van der Waals surface area contributed by atoms with Crippen LogP contribution in [0, 0.1) is 11.8 Å². The Balaban J connectivity index is 1.84. The molecule has 0 spiro atoms. The van der Waals surface area contributed by atoms with Gasteiger partial charge >= 0.3 is 6.18 Å². The van der Waals surface area contributed by atoms with Crippen LogP contribution >= 0.6 is 0 Å². The molecule has 17 heavy (non-hydrogen) atoms. The minimum atomic E-state index is -4.07. The van der Waals surface area contributed by atoms with E-state index in [1.54, 1.807) is 0 Å². The van der Waals surface area contributed by atoms with Crippen molar-refractivity contribution in [3.05, 3.63) is 0 Å². The van der Waals surface area contributed by atoms with E-state index < -0.39 is 17.7 Å². The average Bonchev–Trinajstić information content (AvgIpc) is 2.68. The van der Waals surface area contributed by atoms with Crippen LogP contribution in [0.15, 0.2) is 0 Å². The van der Waals surface area contributed by atoms with Crippen molar-refractivity contribution in [2.75, 3.05) is 0 Å². The molecule has 0 aliphatic heterocycles. The van der Waals surface area contributed by atoms with Gasteiger partial charge in [0, 0.05) is 0 Å². The quantitative estimate of drug-likeness (QED) is 0.783. The Kier molecular flexibility index (Phi) is 3.71. The monoisotopic (exact) mass is 250 g/mol. The lowest BCUT2D eigenvalue weighted by atomic mass is 9.74. The topological polar surface area (TPSA) is 20.2 Å². The normalized spacial score (nSPS) is 36.4. The first kappa shape index (κ1) is 13.2. The number of hydrogen-bond donors (Lipinski definition) is 1. The standard InChI is InChI=1S/C13H21F3O/c14-13(15,16)11-5-7-12(17,8-6-11)9-10-3-1-2-4-10/h10-11,17H,1-9H2. The maximum Gasteiger partial charge on any atom is 0.391 e. The lowest BCUT2D eigenvalue weighted by molar-refractivity contribution is -0.193. The lowest BCUT2D eigenvalue weighted by Crippen LogP contribution is -2.39. The van der Waals surface area contributed by atoms with Crippen LogP contribution in [0.4, 0.5) is 13.2 Å². The van der Waals surface area contributed by atoms with Crippen molar-refractivity contribution in [1.82, 2.24) is 0 Å². The molecule has 1 nitrogen and oxygen atoms in total. The van der Waals surface area contributed by atoms with Gasteiger partial charge in [0.25, 0.3) is 0 Å². The van der Waals surface area contributed by atoms with Crippen LogP contribution in [0.2, 0.25) is 0 Å². The molecule has 1 N–H and O–H groups in total. The summed E-state index contributed by atoms with van der Waals surface area (Å²) < 4.78 is 37.5. The molecule has 0 aromatic carbocycles. The van der Waals surface area contributed by atoms with Crippen LogP contribution < -0.4 is 0 Å². The minimum absolute atomic E-state index is 0.104. The SMILES string of the molecule is OC1(CC2CCCC2)CCC(C(F)(F)F)CC1. The highest BCUT2D eigenvalue weighted by Crippen LogP contribution is 2.44. The Labute approximate surface area is 100 Å². The van der Waals surface area contributed by atoms with E-state index in [-0.39, 0.29) is 12.8 Å². The number of halogens is 3. The molecule has 2 rings (SSSR count). The second kappa shape index (κ2) is 4.79. The Bertz CT molecular complexity index is 248. The molecular formula is C13H21F3O. The van der Waals surface area contributed by atoms with Gasteiger partial charge in [0.15, 0.2) is 0 Å². The molecule has 4 heteroatoms. The zero-order valence-electron chi connectivity index (χ0n) is 10.1. The Morgan fingerprint density at radius 3 is 2.00 bits per heavy atom. The van der Waals surface area contributed by atoms with Crippen molar-refractivity contribution in [3.8, 4) is 0 Å². The fourth-order valence-corrected chi connectivity index (χ4v) is 3.44. The van der Waals surface area contributed by atoms with Gasteiger partial charge in [0.2, 0.25) is 0 Å². The van der Waals surface area contributed by atoms with E-state index in [9.17, 15) is 18.3 Å². The van der Waals surface area contributed by atoms with Crippen LogP contribution in [0.3, 0.4) is 0 Å². The maximum absolute atomic E-state index is 12.5. The summed E-state index contributed by atoms with van der Waals surface area (Å²) in [5.74, 6) is -0.645. The van der Waals surface area contributed by atoms with E-state index in [0.717, 1.165) is 19.3 Å². The second-order valence-electron chi connectivity index (χ2n) is 5.89. The summed E-state index contributed by atoms with van der Waals surface area (Å²) in [6.07, 6.45) is 2.22. The van der Waals surface area contributed by atoms with Crippen molar-refractivity contribution in [2.45, 2.75) is 69.6 Å². The number of alkyl halides is 3. The van der Waals surface area contributed by atoms with Crippen LogP contribution in [-0.4, -0.2) is 16.9 Å². The molecule has 0 saturated heterocycles. The summed E-state index contributed by atoms with van der Waals surface area (Å²) in [5.41, 5.74) is -0.809. The second-order valence-corrected chi connectivity index (χ2v) is 5.89. The van der Waals surface area contributed by atoms with Crippen molar-refractivity contribution in [1.29, 1.82) is 0 Å². The number of hydrogen-bond acceptors (Lipinski definition) is 1. The number of rotatable bonds is 2. The summed E-state index contributed by atoms with van der Waals surface area (Å²) in [7, 11) is 0. The molecule has 2 fully saturated rings. The first-order valence-corrected chi connectivity index (χ1v) is 6.68. The van der Waals surface area contributed by atoms with Crippen molar-refractivity contribution in [2.24, 2.45) is 11.8 Å². The molecule has 0 heterocycles. The van der Waals surface area contributed by atoms with Crippen molar-refractivity contribution >= 4 is 0 Å². The van der Waals surface area contributed by atoms with E-state index >= 15 is 0 Å². The van der Waals surface area contributed by atoms with E-state index in [0.29, 0.717) is 18.8 Å². The molecular weight excluding hydrogens is 229 g/mol. The molecule has 0 aromatic rings. The van der Waals surface area contributed by atoms with Crippen molar-refractivity contribution < 1.29 is 18.3 Å². The average molecular weight is 250 g/mol. The first-order chi connectivity index (χ1) is 7.89. The van der Waals surface area contributed by atoms with E-state index in [2.05, 4.69) is 0 Å². The van der Waals surface area contributed by atoms with Gasteiger partial charge in [-0.05, 0) is 38.0 Å². The summed E-state index contributed by atoms with van der Waals surface area (Å²) in [6, 6.07) is 0. The van der Waals surface area contributed by atoms with Crippen LogP contribution in [0.5, 0.6) is 0 Å². The fourth-order valence-electron chi connectivity index (χ4n) is 3.44. The molecule has 0 unspecified atom stereocenters. The van der Waals surface area contributed by atoms with Gasteiger partial charge in [-0.2, -0.15) is 13.2 Å². The van der Waals surface area contributed by atoms with Gasteiger partial charge in [-0.25, -0.2) is 0 Å². The lowest BCUT2D eigenvalue weighted by Gasteiger charge is -2.38. The highest BCUT2D eigenvalue weighted by Gasteiger charge is 2.45. The third kappa shape index (κ3) is 3.36. The minimum Gasteiger partial charge on any atom is -0.390 e. The van der Waals surface area contributed by atoms with Crippen LogP contribution in [-0.2, 0) is 0 Å². The predicted molar refractivity (Wildman–Crippen MR) is 59.5 cm³/mol. The van der Waals surface area contributed by atoms with Gasteiger partial charge in [0.1, 0.15) is 0 Å². The summed E-state index contributed by atoms with van der Waals surface area (Å²) >= 11 is 0. The van der Waals surface area contributed by atoms with Gasteiger partial charge < -0.3 is 5.11 Å². The van der Waals surface area contributed by atoms with E-state index in [1.165, 1.54) is 12.8 Å². The Morgan fingerprint density at radius 2 is 1.53 bits per heavy atom. The highest BCUT2D eigenvalue weighted by atomic mass is 19.4. The molecule has 0 radical (unpaired) electrons. The predicted octanol–water partition coefficient (Wildman–Crippen LogP) is 4.05. The van der Waals surface area contributed by atoms with Crippen LogP contribution in [0.1, 0.15) is 57.8 Å². The first-order valence-electron chi connectivity index (χ1n) is 6.68. The molecule has 0 aromatic heterocycles. The highest BCUT2D eigenvalue weighted by molar-refractivity contribution is 4.90. The molecule has 0 amide bonds. The molecule has 2 aliphatic rings. The molecule has 2 saturated carbocycles. The maximum atomic E-state index is 12.5. The largest absolute Gasteiger partial charge is 0.391 e. The van der Waals surface area contributed by atoms with Gasteiger partial charge in [-0.3, -0.25) is 0 Å². The smallest absolute Gasteiger partial charge is 0.390 e. The Hall–Kier alpha value is -0.250. The van der Waals surface area contributed by atoms with Crippen molar-refractivity contribution in [3.63, 3.8) is 0 Å². The summed E-state index contributed by atoms with van der Waals surface area (Å²) in [6.45, 7) is 0. The van der Waals surface area contributed by atoms with Gasteiger partial charge in [0.05, 0.1) is 11.5 Å². The summed E-state index contributed by atoms with van der Waals surface area (Å²) in [4.78, 5) is 0. The molecule has 0 bridgehead atoms. The van der Waals surface area contributed by atoms with Crippen LogP contribution in [0.25, 0.3) is 0 Å². The Morgan fingerprint density at radius 1 is 1.00 bits per heavy atom. The van der Waals surface area contributed by atoms with Gasteiger partial charge in [-0.15, -0.1) is 0 Å².